The summed E-state index contributed by atoms with van der Waals surface area (Å²) in [4.78, 5) is 12.1. The molecule has 1 N–H and O–H groups in total. The molecule has 2 aromatic carbocycles. The molecule has 0 spiro atoms. The summed E-state index contributed by atoms with van der Waals surface area (Å²) in [6, 6.07) is 15.1. The van der Waals surface area contributed by atoms with Gasteiger partial charge in [0.2, 0.25) is 0 Å². The molecule has 0 fully saturated rings. The second kappa shape index (κ2) is 10.3. The van der Waals surface area contributed by atoms with Crippen molar-refractivity contribution in [2.24, 2.45) is 5.10 Å². The minimum atomic E-state index is -0.238. The number of unbranched alkanes of at least 4 members (excludes halogenated alkanes) is 3. The summed E-state index contributed by atoms with van der Waals surface area (Å²) >= 11 is 0. The maximum absolute atomic E-state index is 12.1. The quantitative estimate of drug-likeness (QED) is 0.409. The van der Waals surface area contributed by atoms with Crippen molar-refractivity contribution in [3.05, 3.63) is 65.2 Å². The van der Waals surface area contributed by atoms with Crippen molar-refractivity contribution in [1.82, 2.24) is 5.43 Å². The number of hydrazone groups is 1. The van der Waals surface area contributed by atoms with E-state index in [1.54, 1.807) is 18.3 Å². The Labute approximate surface area is 149 Å². The van der Waals surface area contributed by atoms with Crippen LogP contribution in [0.25, 0.3) is 0 Å². The van der Waals surface area contributed by atoms with Gasteiger partial charge in [0, 0.05) is 5.56 Å². The first-order valence-electron chi connectivity index (χ1n) is 8.82. The molecule has 0 saturated carbocycles. The molecule has 1 amide bonds. The fourth-order valence-corrected chi connectivity index (χ4v) is 2.30. The average Bonchev–Trinajstić information content (AvgIpc) is 2.63. The first-order chi connectivity index (χ1) is 12.2. The van der Waals surface area contributed by atoms with Gasteiger partial charge in [-0.3, -0.25) is 4.79 Å². The Hall–Kier alpha value is -2.62. The minimum absolute atomic E-state index is 0.238. The van der Waals surface area contributed by atoms with Crippen LogP contribution in [0.15, 0.2) is 53.6 Å². The van der Waals surface area contributed by atoms with Crippen LogP contribution in [-0.2, 0) is 0 Å². The molecular weight excluding hydrogens is 312 g/mol. The summed E-state index contributed by atoms with van der Waals surface area (Å²) in [7, 11) is 0. The molecule has 0 aliphatic heterocycles. The van der Waals surface area contributed by atoms with Crippen molar-refractivity contribution in [3.8, 4) is 5.75 Å². The van der Waals surface area contributed by atoms with Gasteiger partial charge < -0.3 is 4.74 Å². The van der Waals surface area contributed by atoms with Crippen LogP contribution in [0.1, 0.15) is 54.1 Å². The highest BCUT2D eigenvalue weighted by Gasteiger charge is 2.04. The molecule has 132 valence electrons. The lowest BCUT2D eigenvalue weighted by molar-refractivity contribution is 0.0955. The summed E-state index contributed by atoms with van der Waals surface area (Å²) < 4.78 is 5.67. The number of nitrogens with one attached hydrogen (secondary N) is 1. The Morgan fingerprint density at radius 3 is 2.44 bits per heavy atom. The normalized spacial score (nSPS) is 10.8. The lowest BCUT2D eigenvalue weighted by Gasteiger charge is -2.06. The van der Waals surface area contributed by atoms with E-state index in [4.69, 9.17) is 4.74 Å². The van der Waals surface area contributed by atoms with Crippen molar-refractivity contribution in [2.45, 2.75) is 39.5 Å². The van der Waals surface area contributed by atoms with Crippen molar-refractivity contribution >= 4 is 12.1 Å². The molecule has 4 nitrogen and oxygen atoms in total. The summed E-state index contributed by atoms with van der Waals surface area (Å²) in [6.45, 7) is 4.93. The van der Waals surface area contributed by atoms with Gasteiger partial charge in [0.15, 0.2) is 0 Å². The molecule has 0 heterocycles. The van der Waals surface area contributed by atoms with E-state index in [0.717, 1.165) is 17.7 Å². The van der Waals surface area contributed by atoms with Crippen LogP contribution in [0.3, 0.4) is 0 Å². The van der Waals surface area contributed by atoms with E-state index < -0.39 is 0 Å². The van der Waals surface area contributed by atoms with Crippen molar-refractivity contribution in [2.75, 3.05) is 6.61 Å². The number of aryl methyl sites for hydroxylation is 1. The van der Waals surface area contributed by atoms with Gasteiger partial charge in [0.25, 0.3) is 5.91 Å². The molecule has 2 rings (SSSR count). The van der Waals surface area contributed by atoms with Crippen LogP contribution >= 0.6 is 0 Å². The van der Waals surface area contributed by atoms with E-state index in [2.05, 4.69) is 17.5 Å². The van der Waals surface area contributed by atoms with Crippen LogP contribution in [0, 0.1) is 6.92 Å². The Balaban J connectivity index is 1.78. The monoisotopic (exact) mass is 338 g/mol. The van der Waals surface area contributed by atoms with Crippen LogP contribution in [0.2, 0.25) is 0 Å². The highest BCUT2D eigenvalue weighted by molar-refractivity contribution is 5.94. The molecule has 0 unspecified atom stereocenters. The van der Waals surface area contributed by atoms with E-state index in [1.165, 1.54) is 24.8 Å². The second-order valence-electron chi connectivity index (χ2n) is 6.04. The topological polar surface area (TPSA) is 50.7 Å². The van der Waals surface area contributed by atoms with E-state index in [1.807, 2.05) is 43.3 Å². The molecule has 0 atom stereocenters. The molecular formula is C21H26N2O2. The van der Waals surface area contributed by atoms with E-state index in [-0.39, 0.29) is 5.91 Å². The number of hydrogen-bond acceptors (Lipinski definition) is 3. The van der Waals surface area contributed by atoms with Crippen LogP contribution < -0.4 is 10.2 Å². The highest BCUT2D eigenvalue weighted by atomic mass is 16.5. The zero-order valence-corrected chi connectivity index (χ0v) is 15.0. The lowest BCUT2D eigenvalue weighted by atomic mass is 10.2. The lowest BCUT2D eigenvalue weighted by Crippen LogP contribution is -2.17. The highest BCUT2D eigenvalue weighted by Crippen LogP contribution is 2.13. The molecule has 0 radical (unpaired) electrons. The summed E-state index contributed by atoms with van der Waals surface area (Å²) in [5, 5.41) is 3.99. The second-order valence-corrected chi connectivity index (χ2v) is 6.04. The van der Waals surface area contributed by atoms with E-state index >= 15 is 0 Å². The number of carbonyl (C=O) groups is 1. The molecule has 0 aliphatic rings. The minimum Gasteiger partial charge on any atom is -0.494 e. The molecule has 2 aromatic rings. The summed E-state index contributed by atoms with van der Waals surface area (Å²) in [6.07, 6.45) is 6.34. The molecule has 4 heteroatoms. The third-order valence-electron chi connectivity index (χ3n) is 3.84. The number of ether oxygens (including phenoxy) is 1. The molecule has 0 saturated heterocycles. The Kier molecular flexibility index (Phi) is 7.70. The van der Waals surface area contributed by atoms with E-state index in [9.17, 15) is 4.79 Å². The number of nitrogens with zero attached hydrogens (tertiary/aromatic N) is 1. The predicted molar refractivity (Wildman–Crippen MR) is 102 cm³/mol. The maximum atomic E-state index is 12.1. The summed E-state index contributed by atoms with van der Waals surface area (Å²) in [5.74, 6) is 0.550. The van der Waals surface area contributed by atoms with Gasteiger partial charge in [-0.1, -0.05) is 56.0 Å². The zero-order valence-electron chi connectivity index (χ0n) is 15.0. The van der Waals surface area contributed by atoms with Gasteiger partial charge in [0.05, 0.1) is 12.8 Å². The van der Waals surface area contributed by atoms with Crippen LogP contribution in [0.4, 0.5) is 0 Å². The van der Waals surface area contributed by atoms with Gasteiger partial charge in [0.1, 0.15) is 5.75 Å². The van der Waals surface area contributed by atoms with Crippen molar-refractivity contribution in [1.29, 1.82) is 0 Å². The Morgan fingerprint density at radius 1 is 1.04 bits per heavy atom. The molecule has 25 heavy (non-hydrogen) atoms. The maximum Gasteiger partial charge on any atom is 0.271 e. The number of rotatable bonds is 9. The number of benzene rings is 2. The van der Waals surface area contributed by atoms with Gasteiger partial charge in [-0.25, -0.2) is 5.43 Å². The summed E-state index contributed by atoms with van der Waals surface area (Å²) in [5.41, 5.74) is 5.22. The third kappa shape index (κ3) is 6.79. The smallest absolute Gasteiger partial charge is 0.271 e. The van der Waals surface area contributed by atoms with Crippen LogP contribution in [-0.4, -0.2) is 18.7 Å². The largest absolute Gasteiger partial charge is 0.494 e. The Bertz CT molecular complexity index is 676. The fraction of sp³-hybridized carbons (Fsp3) is 0.333. The fourth-order valence-electron chi connectivity index (χ4n) is 2.30. The van der Waals surface area contributed by atoms with Gasteiger partial charge in [-0.2, -0.15) is 5.10 Å². The molecule has 0 aliphatic carbocycles. The molecule has 0 bridgehead atoms. The van der Waals surface area contributed by atoms with Gasteiger partial charge >= 0.3 is 0 Å². The molecule has 0 aromatic heterocycles. The standard InChI is InChI=1S/C21H26N2O2/c1-3-4-5-6-15-25-20-13-11-19(12-14-20)21(24)23-22-16-18-9-7-17(2)8-10-18/h7-14,16H,3-6,15H2,1-2H3,(H,23,24). The number of hydrogen-bond donors (Lipinski definition) is 1. The SMILES string of the molecule is CCCCCCOc1ccc(C(=O)NN=Cc2ccc(C)cc2)cc1. The predicted octanol–water partition coefficient (Wildman–Crippen LogP) is 4.72. The first kappa shape index (κ1) is 18.7. The number of carbonyl (C=O) groups excluding carboxylic acids is 1. The third-order valence-corrected chi connectivity index (χ3v) is 3.84. The first-order valence-corrected chi connectivity index (χ1v) is 8.82. The van der Waals surface area contributed by atoms with Gasteiger partial charge in [-0.05, 0) is 43.2 Å². The Morgan fingerprint density at radius 2 is 1.76 bits per heavy atom. The average molecular weight is 338 g/mol. The van der Waals surface area contributed by atoms with Crippen molar-refractivity contribution in [3.63, 3.8) is 0 Å². The van der Waals surface area contributed by atoms with E-state index in [0.29, 0.717) is 12.2 Å². The van der Waals surface area contributed by atoms with Crippen molar-refractivity contribution < 1.29 is 9.53 Å². The van der Waals surface area contributed by atoms with Crippen LogP contribution in [0.5, 0.6) is 5.75 Å². The zero-order chi connectivity index (χ0) is 17.9. The van der Waals surface area contributed by atoms with Gasteiger partial charge in [-0.15, -0.1) is 0 Å². The number of amides is 1.